The van der Waals surface area contributed by atoms with Gasteiger partial charge >= 0.3 is 18.2 Å². The van der Waals surface area contributed by atoms with Crippen LogP contribution in [0.25, 0.3) is 0 Å². The van der Waals surface area contributed by atoms with E-state index in [1.54, 1.807) is 47.9 Å². The van der Waals surface area contributed by atoms with Gasteiger partial charge in [0.05, 0.1) is 18.1 Å². The molecule has 2 amide bonds. The summed E-state index contributed by atoms with van der Waals surface area (Å²) >= 11 is 0. The van der Waals surface area contributed by atoms with Crippen LogP contribution in [-0.2, 0) is 19.7 Å². The Morgan fingerprint density at radius 1 is 1.14 bits per heavy atom. The van der Waals surface area contributed by atoms with Gasteiger partial charge in [-0.1, -0.05) is 12.2 Å². The van der Waals surface area contributed by atoms with Gasteiger partial charge in [-0.25, -0.2) is 19.5 Å². The average Bonchev–Trinajstić information content (AvgIpc) is 3.25. The molecule has 0 aromatic carbocycles. The van der Waals surface area contributed by atoms with Crippen LogP contribution in [0.15, 0.2) is 24.7 Å². The summed E-state index contributed by atoms with van der Waals surface area (Å²) in [4.78, 5) is 43.1. The smallest absolute Gasteiger partial charge is 0.419 e. The van der Waals surface area contributed by atoms with Gasteiger partial charge in [0.15, 0.2) is 0 Å². The second-order valence-corrected chi connectivity index (χ2v) is 11.6. The molecule has 1 aromatic heterocycles. The van der Waals surface area contributed by atoms with Crippen molar-refractivity contribution in [2.75, 3.05) is 6.54 Å². The number of hydrogen-bond donors (Lipinski definition) is 1. The number of ether oxygens (including phenoxy) is 2. The molecule has 1 heterocycles. The molecule has 1 saturated carbocycles. The molecular weight excluding hydrogens is 450 g/mol. The third-order valence-corrected chi connectivity index (χ3v) is 6.32. The van der Waals surface area contributed by atoms with E-state index in [-0.39, 0.29) is 18.5 Å². The number of imide groups is 1. The third-order valence-electron chi connectivity index (χ3n) is 6.32. The number of carbonyl (C=O) groups is 3. The lowest BCUT2D eigenvalue weighted by atomic mass is 9.97. The van der Waals surface area contributed by atoms with Gasteiger partial charge in [-0.05, 0) is 86.0 Å². The minimum atomic E-state index is -1.02. The molecule has 9 heteroatoms. The minimum absolute atomic E-state index is 0.0807. The van der Waals surface area contributed by atoms with Crippen LogP contribution in [0.4, 0.5) is 9.59 Å². The molecule has 1 aromatic rings. The Labute approximate surface area is 207 Å². The highest BCUT2D eigenvalue weighted by Crippen LogP contribution is 2.56. The van der Waals surface area contributed by atoms with Crippen molar-refractivity contribution in [1.82, 2.24) is 14.5 Å². The third kappa shape index (κ3) is 6.64. The Morgan fingerprint density at radius 2 is 1.77 bits per heavy atom. The SMILES string of the molecule is CC(C)(C)OC(=O)N(CCC[C@H]1C[C@]1(C(=O)O)c1cn(C2C=CCCC2)cn1)C(=O)OC(C)(C)C. The first-order chi connectivity index (χ1) is 16.2. The highest BCUT2D eigenvalue weighted by atomic mass is 16.6. The van der Waals surface area contributed by atoms with Gasteiger partial charge in [-0.15, -0.1) is 0 Å². The molecule has 35 heavy (non-hydrogen) atoms. The van der Waals surface area contributed by atoms with Crippen LogP contribution in [0.2, 0.25) is 0 Å². The average molecular weight is 490 g/mol. The number of carboxylic acid groups (broad SMARTS) is 1. The van der Waals surface area contributed by atoms with Crippen LogP contribution in [0, 0.1) is 5.92 Å². The summed E-state index contributed by atoms with van der Waals surface area (Å²) in [5.41, 5.74) is -1.98. The van der Waals surface area contributed by atoms with E-state index in [0.29, 0.717) is 25.0 Å². The van der Waals surface area contributed by atoms with Gasteiger partial charge in [0.2, 0.25) is 0 Å². The highest BCUT2D eigenvalue weighted by Gasteiger charge is 2.62. The Kier molecular flexibility index (Phi) is 7.67. The van der Waals surface area contributed by atoms with Gasteiger partial charge in [0.25, 0.3) is 0 Å². The Balaban J connectivity index is 1.65. The molecule has 3 atom stereocenters. The van der Waals surface area contributed by atoms with E-state index >= 15 is 0 Å². The van der Waals surface area contributed by atoms with Gasteiger partial charge < -0.3 is 19.1 Å². The summed E-state index contributed by atoms with van der Waals surface area (Å²) in [5, 5.41) is 10.1. The summed E-state index contributed by atoms with van der Waals surface area (Å²) < 4.78 is 12.8. The number of rotatable bonds is 7. The standard InChI is InChI=1S/C26H39N3O6/c1-24(2,3)34-22(32)29(23(33)35-25(4,5)6)14-10-11-18-15-26(18,21(30)31)20-16-28(17-27-20)19-12-8-7-9-13-19/h8,12,16-19H,7,9-11,13-15H2,1-6H3,(H,30,31)/t18-,19?,26+/m0/s1. The molecule has 1 fully saturated rings. The van der Waals surface area contributed by atoms with E-state index in [1.165, 1.54) is 0 Å². The molecule has 0 spiro atoms. The zero-order valence-electron chi connectivity index (χ0n) is 21.7. The van der Waals surface area contributed by atoms with Gasteiger partial charge in [-0.3, -0.25) is 4.79 Å². The predicted molar refractivity (Wildman–Crippen MR) is 130 cm³/mol. The maximum absolute atomic E-state index is 12.7. The molecule has 9 nitrogen and oxygen atoms in total. The summed E-state index contributed by atoms with van der Waals surface area (Å²) in [6.07, 6.45) is 11.0. The Hall–Kier alpha value is -2.84. The first-order valence-electron chi connectivity index (χ1n) is 12.4. The highest BCUT2D eigenvalue weighted by molar-refractivity contribution is 5.88. The molecule has 1 unspecified atom stereocenters. The normalized spacial score (nSPS) is 24.1. The van der Waals surface area contributed by atoms with Gasteiger partial charge in [0.1, 0.15) is 16.6 Å². The number of aliphatic carboxylic acids is 1. The minimum Gasteiger partial charge on any atom is -0.481 e. The summed E-state index contributed by atoms with van der Waals surface area (Å²) in [5.74, 6) is -1.01. The molecule has 0 aliphatic heterocycles. The van der Waals surface area contributed by atoms with Crippen molar-refractivity contribution in [3.63, 3.8) is 0 Å². The molecule has 0 saturated heterocycles. The van der Waals surface area contributed by atoms with Crippen molar-refractivity contribution in [2.45, 2.75) is 103 Å². The zero-order valence-corrected chi connectivity index (χ0v) is 21.7. The number of hydrogen-bond acceptors (Lipinski definition) is 6. The largest absolute Gasteiger partial charge is 0.481 e. The fraction of sp³-hybridized carbons (Fsp3) is 0.692. The van der Waals surface area contributed by atoms with Crippen LogP contribution in [0.5, 0.6) is 0 Å². The van der Waals surface area contributed by atoms with E-state index in [9.17, 15) is 19.5 Å². The predicted octanol–water partition coefficient (Wildman–Crippen LogP) is 5.46. The number of carbonyl (C=O) groups excluding carboxylic acids is 2. The Morgan fingerprint density at radius 3 is 2.29 bits per heavy atom. The second kappa shape index (κ2) is 10.0. The first-order valence-corrected chi connectivity index (χ1v) is 12.4. The summed E-state index contributed by atoms with van der Waals surface area (Å²) in [7, 11) is 0. The molecule has 2 aliphatic rings. The molecule has 1 N–H and O–H groups in total. The van der Waals surface area contributed by atoms with Crippen molar-refractivity contribution >= 4 is 18.2 Å². The van der Waals surface area contributed by atoms with Crippen molar-refractivity contribution in [3.05, 3.63) is 30.4 Å². The number of carboxylic acids is 1. The fourth-order valence-electron chi connectivity index (χ4n) is 4.54. The molecule has 0 bridgehead atoms. The zero-order chi connectivity index (χ0) is 26.0. The number of nitrogens with zero attached hydrogens (tertiary/aromatic N) is 3. The lowest BCUT2D eigenvalue weighted by molar-refractivity contribution is -0.140. The van der Waals surface area contributed by atoms with Crippen LogP contribution in [0.1, 0.15) is 91.8 Å². The molecule has 0 radical (unpaired) electrons. The maximum atomic E-state index is 12.7. The van der Waals surface area contributed by atoms with E-state index in [0.717, 1.165) is 24.2 Å². The van der Waals surface area contributed by atoms with Crippen molar-refractivity contribution in [1.29, 1.82) is 0 Å². The van der Waals surface area contributed by atoms with E-state index in [2.05, 4.69) is 17.1 Å². The van der Waals surface area contributed by atoms with Crippen molar-refractivity contribution < 1.29 is 29.0 Å². The van der Waals surface area contributed by atoms with Gasteiger partial charge in [0, 0.05) is 12.7 Å². The van der Waals surface area contributed by atoms with Gasteiger partial charge in [-0.2, -0.15) is 0 Å². The number of amides is 2. The molecular formula is C26H39N3O6. The molecule has 2 aliphatic carbocycles. The van der Waals surface area contributed by atoms with E-state index in [4.69, 9.17) is 9.47 Å². The number of allylic oxidation sites excluding steroid dienone is 2. The van der Waals surface area contributed by atoms with E-state index < -0.39 is 34.8 Å². The Bertz CT molecular complexity index is 942. The number of imidazole rings is 1. The maximum Gasteiger partial charge on any atom is 0.419 e. The van der Waals surface area contributed by atoms with Crippen LogP contribution >= 0.6 is 0 Å². The van der Waals surface area contributed by atoms with E-state index in [1.807, 2.05) is 10.8 Å². The molecule has 3 rings (SSSR count). The lowest BCUT2D eigenvalue weighted by Crippen LogP contribution is -2.44. The van der Waals surface area contributed by atoms with Crippen LogP contribution in [0.3, 0.4) is 0 Å². The topological polar surface area (TPSA) is 111 Å². The monoisotopic (exact) mass is 489 g/mol. The fourth-order valence-corrected chi connectivity index (χ4v) is 4.54. The van der Waals surface area contributed by atoms with Crippen molar-refractivity contribution in [3.8, 4) is 0 Å². The summed E-state index contributed by atoms with van der Waals surface area (Å²) in [6, 6.07) is 0.212. The van der Waals surface area contributed by atoms with Crippen LogP contribution < -0.4 is 0 Å². The quantitative estimate of drug-likeness (QED) is 0.506. The first kappa shape index (κ1) is 26.8. The summed E-state index contributed by atoms with van der Waals surface area (Å²) in [6.45, 7) is 10.4. The molecule has 194 valence electrons. The second-order valence-electron chi connectivity index (χ2n) is 11.6. The number of aromatic nitrogens is 2. The van der Waals surface area contributed by atoms with Crippen molar-refractivity contribution in [2.24, 2.45) is 5.92 Å². The van der Waals surface area contributed by atoms with Crippen LogP contribution in [-0.4, -0.2) is 55.5 Å². The lowest BCUT2D eigenvalue weighted by Gasteiger charge is -2.28.